The maximum atomic E-state index is 11.2. The summed E-state index contributed by atoms with van der Waals surface area (Å²) in [6.45, 7) is 4.84. The van der Waals surface area contributed by atoms with Crippen LogP contribution in [-0.2, 0) is 14.3 Å². The van der Waals surface area contributed by atoms with E-state index in [4.69, 9.17) is 5.11 Å². The Morgan fingerprint density at radius 2 is 1.94 bits per heavy atom. The second-order valence-corrected chi connectivity index (χ2v) is 4.08. The van der Waals surface area contributed by atoms with Gasteiger partial charge in [0, 0.05) is 6.42 Å². The zero-order valence-electron chi connectivity index (χ0n) is 10.8. The predicted octanol–water partition coefficient (Wildman–Crippen LogP) is 1.64. The Balaban J connectivity index is 4.77. The summed E-state index contributed by atoms with van der Waals surface area (Å²) < 4.78 is 4.59. The highest BCUT2D eigenvalue weighted by Crippen LogP contribution is 2.10. The van der Waals surface area contributed by atoms with E-state index in [-0.39, 0.29) is 18.4 Å². The van der Waals surface area contributed by atoms with Crippen molar-refractivity contribution in [1.82, 2.24) is 0 Å². The van der Waals surface area contributed by atoms with Gasteiger partial charge < -0.3 is 9.84 Å². The Kier molecular flexibility index (Phi) is 7.14. The van der Waals surface area contributed by atoms with Crippen LogP contribution in [0.3, 0.4) is 0 Å². The molecule has 0 rings (SSSR count). The maximum absolute atomic E-state index is 11.2. The number of ether oxygens (including phenoxy) is 1. The highest BCUT2D eigenvalue weighted by atomic mass is 16.5. The van der Waals surface area contributed by atoms with Gasteiger partial charge in [0.05, 0.1) is 19.6 Å². The minimum atomic E-state index is -0.413. The molecular formula is C13H20O4. The minimum Gasteiger partial charge on any atom is -0.469 e. The van der Waals surface area contributed by atoms with Gasteiger partial charge in [-0.1, -0.05) is 17.7 Å². The molecule has 0 bridgehead atoms. The van der Waals surface area contributed by atoms with Crippen molar-refractivity contribution in [2.45, 2.75) is 27.2 Å². The number of aliphatic hydroxyl groups excluding tert-OH is 1. The van der Waals surface area contributed by atoms with Gasteiger partial charge >= 0.3 is 5.97 Å². The fourth-order valence-electron chi connectivity index (χ4n) is 1.48. The van der Waals surface area contributed by atoms with E-state index >= 15 is 0 Å². The number of Topliss-reactive ketones (excluding diaryl/α,β-unsaturated/α-hetero) is 1. The van der Waals surface area contributed by atoms with Crippen LogP contribution in [0.1, 0.15) is 27.2 Å². The molecule has 0 amide bonds. The Morgan fingerprint density at radius 1 is 1.35 bits per heavy atom. The van der Waals surface area contributed by atoms with Gasteiger partial charge in [0.25, 0.3) is 0 Å². The standard InChI is InChI=1S/C13H20O4/c1-9(5-11(3)15)6-12(8-14)7-10(2)13(16)17-4/h6-7,10,14H,5,8H2,1-4H3/b9-6+,12-7+/t10-/m1/s1. The Hall–Kier alpha value is -1.42. The van der Waals surface area contributed by atoms with Crippen LogP contribution in [0.2, 0.25) is 0 Å². The van der Waals surface area contributed by atoms with Crippen molar-refractivity contribution in [3.05, 3.63) is 23.3 Å². The van der Waals surface area contributed by atoms with Crippen LogP contribution in [0.5, 0.6) is 0 Å². The number of hydrogen-bond acceptors (Lipinski definition) is 4. The van der Waals surface area contributed by atoms with Crippen LogP contribution in [0.25, 0.3) is 0 Å². The molecule has 0 radical (unpaired) electrons. The molecule has 0 fully saturated rings. The lowest BCUT2D eigenvalue weighted by molar-refractivity contribution is -0.143. The first-order valence-corrected chi connectivity index (χ1v) is 5.46. The van der Waals surface area contributed by atoms with Gasteiger partial charge in [0.15, 0.2) is 0 Å². The average Bonchev–Trinajstić information content (AvgIpc) is 2.25. The molecule has 0 saturated carbocycles. The van der Waals surface area contributed by atoms with Crippen molar-refractivity contribution in [2.24, 2.45) is 5.92 Å². The Bertz CT molecular complexity index is 339. The van der Waals surface area contributed by atoms with Gasteiger partial charge in [0.2, 0.25) is 0 Å². The fraction of sp³-hybridized carbons (Fsp3) is 0.538. The molecule has 0 aromatic rings. The van der Waals surface area contributed by atoms with Crippen molar-refractivity contribution < 1.29 is 19.4 Å². The van der Waals surface area contributed by atoms with E-state index in [1.807, 2.05) is 6.92 Å². The minimum absolute atomic E-state index is 0.0667. The summed E-state index contributed by atoms with van der Waals surface area (Å²) in [5.74, 6) is -0.700. The third-order valence-electron chi connectivity index (χ3n) is 2.18. The molecule has 0 aliphatic heterocycles. The number of methoxy groups -OCH3 is 1. The van der Waals surface area contributed by atoms with E-state index in [2.05, 4.69) is 4.74 Å². The van der Waals surface area contributed by atoms with E-state index in [9.17, 15) is 9.59 Å². The monoisotopic (exact) mass is 240 g/mol. The number of esters is 1. The SMILES string of the molecule is COC(=O)[C@H](C)/C=C(\C=C(/C)CC(C)=O)CO. The van der Waals surface area contributed by atoms with Crippen molar-refractivity contribution in [1.29, 1.82) is 0 Å². The smallest absolute Gasteiger partial charge is 0.312 e. The van der Waals surface area contributed by atoms with Crippen molar-refractivity contribution >= 4 is 11.8 Å². The third kappa shape index (κ3) is 6.68. The molecule has 0 saturated heterocycles. The van der Waals surface area contributed by atoms with Gasteiger partial charge in [-0.05, 0) is 26.3 Å². The molecule has 96 valence electrons. The number of rotatable bonds is 6. The molecule has 0 heterocycles. The van der Waals surface area contributed by atoms with E-state index in [1.54, 1.807) is 19.1 Å². The summed E-state index contributed by atoms with van der Waals surface area (Å²) >= 11 is 0. The molecule has 17 heavy (non-hydrogen) atoms. The van der Waals surface area contributed by atoms with Crippen LogP contribution in [0, 0.1) is 5.92 Å². The predicted molar refractivity (Wildman–Crippen MR) is 65.4 cm³/mol. The first-order chi connectivity index (χ1) is 7.90. The summed E-state index contributed by atoms with van der Waals surface area (Å²) in [4.78, 5) is 22.1. The van der Waals surface area contributed by atoms with Crippen molar-refractivity contribution in [3.63, 3.8) is 0 Å². The van der Waals surface area contributed by atoms with E-state index < -0.39 is 5.92 Å². The fourth-order valence-corrected chi connectivity index (χ4v) is 1.48. The van der Waals surface area contributed by atoms with Crippen LogP contribution in [-0.4, -0.2) is 30.6 Å². The molecular weight excluding hydrogens is 220 g/mol. The van der Waals surface area contributed by atoms with Gasteiger partial charge in [-0.15, -0.1) is 0 Å². The van der Waals surface area contributed by atoms with Gasteiger partial charge in [-0.25, -0.2) is 0 Å². The summed E-state index contributed by atoms with van der Waals surface area (Å²) in [7, 11) is 1.32. The summed E-state index contributed by atoms with van der Waals surface area (Å²) in [6, 6.07) is 0. The first kappa shape index (κ1) is 15.6. The zero-order chi connectivity index (χ0) is 13.4. The number of carbonyl (C=O) groups is 2. The van der Waals surface area contributed by atoms with E-state index in [0.29, 0.717) is 12.0 Å². The molecule has 4 heteroatoms. The van der Waals surface area contributed by atoms with Gasteiger partial charge in [-0.3, -0.25) is 9.59 Å². The van der Waals surface area contributed by atoms with Crippen LogP contribution in [0.4, 0.5) is 0 Å². The second-order valence-electron chi connectivity index (χ2n) is 4.08. The van der Waals surface area contributed by atoms with E-state index in [0.717, 1.165) is 5.57 Å². The van der Waals surface area contributed by atoms with Crippen LogP contribution >= 0.6 is 0 Å². The maximum Gasteiger partial charge on any atom is 0.312 e. The molecule has 0 aliphatic carbocycles. The number of hydrogen-bond donors (Lipinski definition) is 1. The molecule has 0 unspecified atom stereocenters. The largest absolute Gasteiger partial charge is 0.469 e. The molecule has 4 nitrogen and oxygen atoms in total. The summed E-state index contributed by atoms with van der Waals surface area (Å²) in [5, 5.41) is 9.16. The number of allylic oxidation sites excluding steroid dienone is 1. The molecule has 0 aliphatic rings. The Labute approximate surface area is 102 Å². The quantitative estimate of drug-likeness (QED) is 0.566. The normalized spacial score (nSPS) is 14.4. The van der Waals surface area contributed by atoms with Crippen LogP contribution < -0.4 is 0 Å². The topological polar surface area (TPSA) is 63.6 Å². The van der Waals surface area contributed by atoms with Gasteiger partial charge in [0.1, 0.15) is 5.78 Å². The first-order valence-electron chi connectivity index (χ1n) is 5.46. The number of aliphatic hydroxyl groups is 1. The molecule has 0 aromatic carbocycles. The van der Waals surface area contributed by atoms with Gasteiger partial charge in [-0.2, -0.15) is 0 Å². The highest BCUT2D eigenvalue weighted by Gasteiger charge is 2.10. The third-order valence-corrected chi connectivity index (χ3v) is 2.18. The number of carbonyl (C=O) groups excluding carboxylic acids is 2. The highest BCUT2D eigenvalue weighted by molar-refractivity contribution is 5.78. The average molecular weight is 240 g/mol. The van der Waals surface area contributed by atoms with Crippen LogP contribution in [0.15, 0.2) is 23.3 Å². The summed E-state index contributed by atoms with van der Waals surface area (Å²) in [6.07, 6.45) is 3.71. The lowest BCUT2D eigenvalue weighted by atomic mass is 10.0. The molecule has 1 atom stereocenters. The van der Waals surface area contributed by atoms with E-state index in [1.165, 1.54) is 14.0 Å². The summed E-state index contributed by atoms with van der Waals surface area (Å²) in [5.41, 5.74) is 1.47. The Morgan fingerprint density at radius 3 is 2.35 bits per heavy atom. The lowest BCUT2D eigenvalue weighted by Gasteiger charge is -2.06. The second kappa shape index (κ2) is 7.79. The zero-order valence-corrected chi connectivity index (χ0v) is 10.8. The molecule has 0 aromatic heterocycles. The van der Waals surface area contributed by atoms with Crippen molar-refractivity contribution in [3.8, 4) is 0 Å². The lowest BCUT2D eigenvalue weighted by Crippen LogP contribution is -2.11. The molecule has 0 spiro atoms. The van der Waals surface area contributed by atoms with Crippen molar-refractivity contribution in [2.75, 3.05) is 13.7 Å². The number of ketones is 1. The molecule has 1 N–H and O–H groups in total.